The second-order valence-corrected chi connectivity index (χ2v) is 5.98. The van der Waals surface area contributed by atoms with Gasteiger partial charge >= 0.3 is 0 Å². The number of carbonyl (C=O) groups excluding carboxylic acids is 2. The molecule has 6 heteroatoms. The number of carbonyl (C=O) groups is 2. The number of anilines is 1. The quantitative estimate of drug-likeness (QED) is 0.877. The molecular weight excluding hydrogens is 320 g/mol. The number of hydrogen-bond donors (Lipinski definition) is 2. The molecule has 25 heavy (non-hydrogen) atoms. The molecule has 1 unspecified atom stereocenters. The van der Waals surface area contributed by atoms with Gasteiger partial charge in [-0.05, 0) is 24.6 Å². The summed E-state index contributed by atoms with van der Waals surface area (Å²) in [6.45, 7) is 3.62. The van der Waals surface area contributed by atoms with E-state index in [9.17, 15) is 9.59 Å². The minimum Gasteiger partial charge on any atom is -0.454 e. The number of nitrogens with one attached hydrogen (secondary N) is 2. The van der Waals surface area contributed by atoms with Crippen molar-refractivity contribution in [2.24, 2.45) is 0 Å². The molecule has 0 fully saturated rings. The van der Waals surface area contributed by atoms with E-state index >= 15 is 0 Å². The smallest absolute Gasteiger partial charge is 0.231 e. The Balaban J connectivity index is 1.69. The molecule has 0 bridgehead atoms. The van der Waals surface area contributed by atoms with E-state index in [-0.39, 0.29) is 31.1 Å². The normalized spacial score (nSPS) is 13.2. The molecule has 2 aromatic carbocycles. The lowest BCUT2D eigenvalue weighted by Gasteiger charge is -2.18. The molecule has 2 aromatic rings. The number of hydrogen-bond acceptors (Lipinski definition) is 4. The predicted molar refractivity (Wildman–Crippen MR) is 93.5 cm³/mol. The van der Waals surface area contributed by atoms with E-state index in [4.69, 9.17) is 9.47 Å². The fourth-order valence-corrected chi connectivity index (χ4v) is 2.67. The van der Waals surface area contributed by atoms with Crippen LogP contribution in [0.25, 0.3) is 0 Å². The third-order valence-corrected chi connectivity index (χ3v) is 3.90. The molecule has 0 radical (unpaired) electrons. The Morgan fingerprint density at radius 1 is 1.08 bits per heavy atom. The van der Waals surface area contributed by atoms with Crippen molar-refractivity contribution in [2.45, 2.75) is 26.3 Å². The lowest BCUT2D eigenvalue weighted by molar-refractivity contribution is -0.120. The Hall–Kier alpha value is -3.02. The summed E-state index contributed by atoms with van der Waals surface area (Å²) >= 11 is 0. The Morgan fingerprint density at radius 2 is 1.80 bits per heavy atom. The van der Waals surface area contributed by atoms with E-state index in [0.717, 1.165) is 11.1 Å². The molecule has 2 amide bonds. The van der Waals surface area contributed by atoms with E-state index < -0.39 is 0 Å². The largest absolute Gasteiger partial charge is 0.454 e. The van der Waals surface area contributed by atoms with E-state index in [1.54, 1.807) is 18.2 Å². The average molecular weight is 340 g/mol. The first-order valence-corrected chi connectivity index (χ1v) is 8.04. The molecule has 0 saturated heterocycles. The molecule has 6 nitrogen and oxygen atoms in total. The summed E-state index contributed by atoms with van der Waals surface area (Å²) in [5.74, 6) is 0.892. The van der Waals surface area contributed by atoms with Crippen LogP contribution in [0, 0.1) is 6.92 Å². The maximum Gasteiger partial charge on any atom is 0.231 e. The van der Waals surface area contributed by atoms with Gasteiger partial charge in [-0.2, -0.15) is 0 Å². The number of benzene rings is 2. The standard InChI is InChI=1S/C19H20N2O4/c1-12-3-5-14(6-4-12)16(20-13(2)22)10-19(23)21-15-7-8-17-18(9-15)25-11-24-17/h3-9,16H,10-11H2,1-2H3,(H,20,22)(H,21,23). The van der Waals surface area contributed by atoms with Crippen LogP contribution in [0.1, 0.15) is 30.5 Å². The molecule has 1 aliphatic rings. The van der Waals surface area contributed by atoms with E-state index in [2.05, 4.69) is 10.6 Å². The highest BCUT2D eigenvalue weighted by molar-refractivity contribution is 5.92. The van der Waals surface area contributed by atoms with Crippen LogP contribution in [0.2, 0.25) is 0 Å². The SMILES string of the molecule is CC(=O)NC(CC(=O)Nc1ccc2c(c1)OCO2)c1ccc(C)cc1. The lowest BCUT2D eigenvalue weighted by Crippen LogP contribution is -2.29. The van der Waals surface area contributed by atoms with Crippen LogP contribution in [-0.4, -0.2) is 18.6 Å². The van der Waals surface area contributed by atoms with Crippen LogP contribution in [0.5, 0.6) is 11.5 Å². The molecule has 1 aliphatic heterocycles. The number of aryl methyl sites for hydroxylation is 1. The summed E-state index contributed by atoms with van der Waals surface area (Å²) in [5, 5.41) is 5.66. The van der Waals surface area contributed by atoms with Crippen molar-refractivity contribution in [2.75, 3.05) is 12.1 Å². The van der Waals surface area contributed by atoms with Gasteiger partial charge in [-0.25, -0.2) is 0 Å². The van der Waals surface area contributed by atoms with Crippen LogP contribution < -0.4 is 20.1 Å². The van der Waals surface area contributed by atoms with Crippen molar-refractivity contribution in [1.82, 2.24) is 5.32 Å². The van der Waals surface area contributed by atoms with Crippen LogP contribution in [-0.2, 0) is 9.59 Å². The summed E-state index contributed by atoms with van der Waals surface area (Å²) in [6.07, 6.45) is 0.136. The molecule has 1 atom stereocenters. The summed E-state index contributed by atoms with van der Waals surface area (Å²) < 4.78 is 10.6. The highest BCUT2D eigenvalue weighted by atomic mass is 16.7. The lowest BCUT2D eigenvalue weighted by atomic mass is 10.0. The van der Waals surface area contributed by atoms with Gasteiger partial charge in [-0.3, -0.25) is 9.59 Å². The van der Waals surface area contributed by atoms with E-state index in [1.807, 2.05) is 31.2 Å². The van der Waals surface area contributed by atoms with Gasteiger partial charge in [0.1, 0.15) is 0 Å². The van der Waals surface area contributed by atoms with Gasteiger partial charge < -0.3 is 20.1 Å². The van der Waals surface area contributed by atoms with E-state index in [0.29, 0.717) is 17.2 Å². The Kier molecular flexibility index (Phi) is 4.88. The summed E-state index contributed by atoms with van der Waals surface area (Å²) in [7, 11) is 0. The second-order valence-electron chi connectivity index (χ2n) is 5.98. The van der Waals surface area contributed by atoms with Gasteiger partial charge in [0.05, 0.1) is 12.5 Å². The van der Waals surface area contributed by atoms with Gasteiger partial charge in [0, 0.05) is 18.7 Å². The van der Waals surface area contributed by atoms with Crippen LogP contribution in [0.3, 0.4) is 0 Å². The van der Waals surface area contributed by atoms with Crippen molar-refractivity contribution in [1.29, 1.82) is 0 Å². The molecule has 0 aromatic heterocycles. The molecular formula is C19H20N2O4. The molecule has 0 spiro atoms. The molecule has 1 heterocycles. The second kappa shape index (κ2) is 7.25. The van der Waals surface area contributed by atoms with Gasteiger partial charge in [-0.1, -0.05) is 29.8 Å². The van der Waals surface area contributed by atoms with Crippen molar-refractivity contribution in [3.05, 3.63) is 53.6 Å². The maximum absolute atomic E-state index is 12.4. The van der Waals surface area contributed by atoms with Crippen LogP contribution >= 0.6 is 0 Å². The summed E-state index contributed by atoms with van der Waals surface area (Å²) in [6, 6.07) is 12.6. The highest BCUT2D eigenvalue weighted by Gasteiger charge is 2.18. The van der Waals surface area contributed by atoms with Gasteiger partial charge in [-0.15, -0.1) is 0 Å². The molecule has 2 N–H and O–H groups in total. The average Bonchev–Trinajstić information content (AvgIpc) is 3.02. The number of ether oxygens (including phenoxy) is 2. The first-order valence-electron chi connectivity index (χ1n) is 8.04. The molecule has 3 rings (SSSR count). The third kappa shape index (κ3) is 4.29. The monoisotopic (exact) mass is 340 g/mol. The number of amides is 2. The number of fused-ring (bicyclic) bond motifs is 1. The summed E-state index contributed by atoms with van der Waals surface area (Å²) in [4.78, 5) is 23.9. The number of rotatable bonds is 5. The topological polar surface area (TPSA) is 76.7 Å². The third-order valence-electron chi connectivity index (χ3n) is 3.90. The zero-order valence-electron chi connectivity index (χ0n) is 14.2. The van der Waals surface area contributed by atoms with Gasteiger partial charge in [0.2, 0.25) is 18.6 Å². The minimum absolute atomic E-state index is 0.136. The van der Waals surface area contributed by atoms with Crippen molar-refractivity contribution >= 4 is 17.5 Å². The fourth-order valence-electron chi connectivity index (χ4n) is 2.67. The van der Waals surface area contributed by atoms with Crippen molar-refractivity contribution in [3.8, 4) is 11.5 Å². The van der Waals surface area contributed by atoms with Crippen LogP contribution in [0.4, 0.5) is 5.69 Å². The molecule has 0 aliphatic carbocycles. The first kappa shape index (κ1) is 16.8. The molecule has 0 saturated carbocycles. The van der Waals surface area contributed by atoms with Crippen LogP contribution in [0.15, 0.2) is 42.5 Å². The summed E-state index contributed by atoms with van der Waals surface area (Å²) in [5.41, 5.74) is 2.64. The zero-order chi connectivity index (χ0) is 17.8. The van der Waals surface area contributed by atoms with Gasteiger partial charge in [0.15, 0.2) is 11.5 Å². The zero-order valence-corrected chi connectivity index (χ0v) is 14.2. The fraction of sp³-hybridized carbons (Fsp3) is 0.263. The van der Waals surface area contributed by atoms with Crippen molar-refractivity contribution < 1.29 is 19.1 Å². The van der Waals surface area contributed by atoms with Crippen molar-refractivity contribution in [3.63, 3.8) is 0 Å². The Bertz CT molecular complexity index is 787. The first-order chi connectivity index (χ1) is 12.0. The van der Waals surface area contributed by atoms with Gasteiger partial charge in [0.25, 0.3) is 0 Å². The Morgan fingerprint density at radius 3 is 2.52 bits per heavy atom. The Labute approximate surface area is 146 Å². The minimum atomic E-state index is -0.382. The highest BCUT2D eigenvalue weighted by Crippen LogP contribution is 2.34. The maximum atomic E-state index is 12.4. The predicted octanol–water partition coefficient (Wildman–Crippen LogP) is 2.93. The van der Waals surface area contributed by atoms with E-state index in [1.165, 1.54) is 6.92 Å². The molecule has 130 valence electrons.